The normalized spacial score (nSPS) is 24.3. The zero-order valence-corrected chi connectivity index (χ0v) is 11.2. The van der Waals surface area contributed by atoms with Crippen LogP contribution in [-0.2, 0) is 6.54 Å². The van der Waals surface area contributed by atoms with E-state index in [1.165, 1.54) is 12.1 Å². The van der Waals surface area contributed by atoms with Crippen LogP contribution in [0.5, 0.6) is 0 Å². The lowest BCUT2D eigenvalue weighted by Crippen LogP contribution is -2.46. The Morgan fingerprint density at radius 3 is 2.63 bits per heavy atom. The van der Waals surface area contributed by atoms with Gasteiger partial charge in [-0.25, -0.2) is 0 Å². The highest BCUT2D eigenvalue weighted by molar-refractivity contribution is 5.32. The Hall–Kier alpha value is -1.46. The number of benzene rings is 1. The SMILES string of the molecule is CC1CCCC(CO)N1Cc1ccc([N+](=O)[O-])cc1. The molecule has 19 heavy (non-hydrogen) atoms. The van der Waals surface area contributed by atoms with Crippen LogP contribution in [0.2, 0.25) is 0 Å². The average molecular weight is 264 g/mol. The number of non-ortho nitro benzene ring substituents is 1. The number of aliphatic hydroxyl groups is 1. The van der Waals surface area contributed by atoms with Crippen LogP contribution in [0.25, 0.3) is 0 Å². The predicted molar refractivity (Wildman–Crippen MR) is 72.8 cm³/mol. The summed E-state index contributed by atoms with van der Waals surface area (Å²) in [6.45, 7) is 3.09. The molecule has 1 saturated heterocycles. The third-order valence-corrected chi connectivity index (χ3v) is 3.92. The molecule has 1 aliphatic heterocycles. The maximum absolute atomic E-state index is 10.6. The Morgan fingerprint density at radius 1 is 1.37 bits per heavy atom. The number of rotatable bonds is 4. The number of nitrogens with zero attached hydrogens (tertiary/aromatic N) is 2. The van der Waals surface area contributed by atoms with Crippen LogP contribution in [0.4, 0.5) is 5.69 Å². The summed E-state index contributed by atoms with van der Waals surface area (Å²) < 4.78 is 0. The van der Waals surface area contributed by atoms with Gasteiger partial charge in [0.1, 0.15) is 0 Å². The van der Waals surface area contributed by atoms with Crippen molar-refractivity contribution in [3.8, 4) is 0 Å². The molecule has 1 heterocycles. The average Bonchev–Trinajstić information content (AvgIpc) is 2.41. The third kappa shape index (κ3) is 3.30. The van der Waals surface area contributed by atoms with Crippen molar-refractivity contribution >= 4 is 5.69 Å². The van der Waals surface area contributed by atoms with Gasteiger partial charge in [-0.2, -0.15) is 0 Å². The van der Waals surface area contributed by atoms with E-state index in [0.29, 0.717) is 6.04 Å². The first-order chi connectivity index (χ1) is 9.11. The first kappa shape index (κ1) is 14.0. The molecule has 2 atom stereocenters. The molecule has 104 valence electrons. The molecule has 1 aliphatic rings. The van der Waals surface area contributed by atoms with E-state index in [9.17, 15) is 15.2 Å². The summed E-state index contributed by atoms with van der Waals surface area (Å²) in [5, 5.41) is 20.1. The topological polar surface area (TPSA) is 66.6 Å². The summed E-state index contributed by atoms with van der Waals surface area (Å²) in [6.07, 6.45) is 3.32. The number of likely N-dealkylation sites (tertiary alicyclic amines) is 1. The first-order valence-corrected chi connectivity index (χ1v) is 6.71. The highest BCUT2D eigenvalue weighted by Gasteiger charge is 2.27. The molecule has 1 fully saturated rings. The minimum Gasteiger partial charge on any atom is -0.395 e. The molecule has 0 amide bonds. The van der Waals surface area contributed by atoms with E-state index < -0.39 is 0 Å². The summed E-state index contributed by atoms with van der Waals surface area (Å²) in [7, 11) is 0. The lowest BCUT2D eigenvalue weighted by molar-refractivity contribution is -0.384. The van der Waals surface area contributed by atoms with Gasteiger partial charge in [-0.05, 0) is 25.3 Å². The van der Waals surface area contributed by atoms with E-state index in [-0.39, 0.29) is 23.3 Å². The molecule has 2 unspecified atom stereocenters. The van der Waals surface area contributed by atoms with Gasteiger partial charge in [0, 0.05) is 30.8 Å². The monoisotopic (exact) mass is 264 g/mol. The minimum atomic E-state index is -0.385. The number of hydrogen-bond donors (Lipinski definition) is 1. The van der Waals surface area contributed by atoms with Crippen molar-refractivity contribution < 1.29 is 10.0 Å². The van der Waals surface area contributed by atoms with E-state index >= 15 is 0 Å². The molecule has 1 aromatic carbocycles. The van der Waals surface area contributed by atoms with Crippen LogP contribution in [-0.4, -0.2) is 33.6 Å². The molecular weight excluding hydrogens is 244 g/mol. The van der Waals surface area contributed by atoms with Gasteiger partial charge in [-0.15, -0.1) is 0 Å². The summed E-state index contributed by atoms with van der Waals surface area (Å²) >= 11 is 0. The highest BCUT2D eigenvalue weighted by atomic mass is 16.6. The van der Waals surface area contributed by atoms with Gasteiger partial charge in [0.05, 0.1) is 11.5 Å². The van der Waals surface area contributed by atoms with Crippen LogP contribution < -0.4 is 0 Å². The largest absolute Gasteiger partial charge is 0.395 e. The highest BCUT2D eigenvalue weighted by Crippen LogP contribution is 2.25. The second-order valence-electron chi connectivity index (χ2n) is 5.21. The van der Waals surface area contributed by atoms with Crippen LogP contribution >= 0.6 is 0 Å². The zero-order valence-electron chi connectivity index (χ0n) is 11.2. The molecule has 1 N–H and O–H groups in total. The van der Waals surface area contributed by atoms with Crippen molar-refractivity contribution in [1.82, 2.24) is 4.90 Å². The molecule has 0 aromatic heterocycles. The minimum absolute atomic E-state index is 0.120. The summed E-state index contributed by atoms with van der Waals surface area (Å²) in [4.78, 5) is 12.5. The van der Waals surface area contributed by atoms with Gasteiger partial charge in [-0.1, -0.05) is 18.6 Å². The second kappa shape index (κ2) is 6.12. The number of hydrogen-bond acceptors (Lipinski definition) is 4. The van der Waals surface area contributed by atoms with Crippen molar-refractivity contribution in [2.75, 3.05) is 6.61 Å². The zero-order chi connectivity index (χ0) is 13.8. The number of piperidine rings is 1. The number of aliphatic hydroxyl groups excluding tert-OH is 1. The molecule has 0 saturated carbocycles. The van der Waals surface area contributed by atoms with Crippen molar-refractivity contribution in [2.45, 2.75) is 44.8 Å². The Morgan fingerprint density at radius 2 is 2.05 bits per heavy atom. The molecule has 0 radical (unpaired) electrons. The van der Waals surface area contributed by atoms with Crippen molar-refractivity contribution in [3.63, 3.8) is 0 Å². The first-order valence-electron chi connectivity index (χ1n) is 6.71. The van der Waals surface area contributed by atoms with Gasteiger partial charge >= 0.3 is 0 Å². The van der Waals surface area contributed by atoms with Crippen molar-refractivity contribution in [3.05, 3.63) is 39.9 Å². The Bertz CT molecular complexity index is 433. The predicted octanol–water partition coefficient (Wildman–Crippen LogP) is 2.33. The Kier molecular flexibility index (Phi) is 4.50. The third-order valence-electron chi connectivity index (χ3n) is 3.92. The quantitative estimate of drug-likeness (QED) is 0.669. The van der Waals surface area contributed by atoms with Gasteiger partial charge in [0.15, 0.2) is 0 Å². The van der Waals surface area contributed by atoms with Crippen LogP contribution in [0, 0.1) is 10.1 Å². The maximum atomic E-state index is 10.6. The van der Waals surface area contributed by atoms with Crippen LogP contribution in [0.3, 0.4) is 0 Å². The fraction of sp³-hybridized carbons (Fsp3) is 0.571. The molecule has 0 bridgehead atoms. The van der Waals surface area contributed by atoms with Crippen molar-refractivity contribution in [2.24, 2.45) is 0 Å². The number of nitro benzene ring substituents is 1. The van der Waals surface area contributed by atoms with E-state index in [0.717, 1.165) is 31.4 Å². The molecule has 0 spiro atoms. The standard InChI is InChI=1S/C14H20N2O3/c1-11-3-2-4-14(10-17)15(11)9-12-5-7-13(8-6-12)16(18)19/h5-8,11,14,17H,2-4,9-10H2,1H3. The maximum Gasteiger partial charge on any atom is 0.269 e. The van der Waals surface area contributed by atoms with Gasteiger partial charge < -0.3 is 5.11 Å². The van der Waals surface area contributed by atoms with Crippen LogP contribution in [0.1, 0.15) is 31.7 Å². The van der Waals surface area contributed by atoms with E-state index in [2.05, 4.69) is 11.8 Å². The fourth-order valence-corrected chi connectivity index (χ4v) is 2.76. The molecular formula is C14H20N2O3. The van der Waals surface area contributed by atoms with E-state index in [1.54, 1.807) is 12.1 Å². The fourth-order valence-electron chi connectivity index (χ4n) is 2.76. The Labute approximate surface area is 113 Å². The van der Waals surface area contributed by atoms with E-state index in [4.69, 9.17) is 0 Å². The Balaban J connectivity index is 2.07. The second-order valence-corrected chi connectivity index (χ2v) is 5.21. The molecule has 5 nitrogen and oxygen atoms in total. The molecule has 2 rings (SSSR count). The van der Waals surface area contributed by atoms with Crippen LogP contribution in [0.15, 0.2) is 24.3 Å². The molecule has 0 aliphatic carbocycles. The number of nitro groups is 1. The van der Waals surface area contributed by atoms with Crippen molar-refractivity contribution in [1.29, 1.82) is 0 Å². The van der Waals surface area contributed by atoms with Gasteiger partial charge in [-0.3, -0.25) is 15.0 Å². The summed E-state index contributed by atoms with van der Waals surface area (Å²) in [5.74, 6) is 0. The van der Waals surface area contributed by atoms with E-state index in [1.807, 2.05) is 0 Å². The molecule has 1 aromatic rings. The molecule has 5 heteroatoms. The lowest BCUT2D eigenvalue weighted by Gasteiger charge is -2.39. The lowest BCUT2D eigenvalue weighted by atomic mass is 9.96. The smallest absolute Gasteiger partial charge is 0.269 e. The summed E-state index contributed by atoms with van der Waals surface area (Å²) in [6, 6.07) is 7.33. The van der Waals surface area contributed by atoms with Gasteiger partial charge in [0.25, 0.3) is 5.69 Å². The summed E-state index contributed by atoms with van der Waals surface area (Å²) in [5.41, 5.74) is 1.17. The van der Waals surface area contributed by atoms with Gasteiger partial charge in [0.2, 0.25) is 0 Å².